The number of amides is 2. The summed E-state index contributed by atoms with van der Waals surface area (Å²) >= 11 is 0. The number of hydrogen-bond acceptors (Lipinski definition) is 2. The van der Waals surface area contributed by atoms with E-state index in [9.17, 15) is 14.0 Å². The number of halogens is 1. The van der Waals surface area contributed by atoms with E-state index in [2.05, 4.69) is 0 Å². The molecule has 0 saturated carbocycles. The number of nitrogens with zero attached hydrogens (tertiary/aromatic N) is 2. The van der Waals surface area contributed by atoms with Gasteiger partial charge in [-0.25, -0.2) is 4.39 Å². The van der Waals surface area contributed by atoms with Crippen LogP contribution in [-0.2, 0) is 4.79 Å². The Kier molecular flexibility index (Phi) is 5.85. The molecule has 0 aromatic heterocycles. The SMILES string of the molecule is CCC(=O)N1c2ccccc2[C@H](N(C(=O)c2ccccc2)c2ccccc2F)C[C@H]1C. The lowest BCUT2D eigenvalue weighted by Gasteiger charge is -2.43. The fraction of sp³-hybridized carbons (Fsp3) is 0.231. The van der Waals surface area contributed by atoms with Crippen LogP contribution in [0.15, 0.2) is 78.9 Å². The number of benzene rings is 3. The molecule has 1 heterocycles. The normalized spacial score (nSPS) is 17.7. The summed E-state index contributed by atoms with van der Waals surface area (Å²) in [6, 6.07) is 22.3. The molecule has 0 aliphatic carbocycles. The molecule has 0 bridgehead atoms. The number of carbonyl (C=O) groups excluding carboxylic acids is 2. The summed E-state index contributed by atoms with van der Waals surface area (Å²) in [6.07, 6.45) is 0.902. The summed E-state index contributed by atoms with van der Waals surface area (Å²) < 4.78 is 14.9. The fourth-order valence-corrected chi connectivity index (χ4v) is 4.36. The van der Waals surface area contributed by atoms with Crippen molar-refractivity contribution in [2.45, 2.75) is 38.8 Å². The molecule has 4 nitrogen and oxygen atoms in total. The lowest BCUT2D eigenvalue weighted by atomic mass is 9.89. The van der Waals surface area contributed by atoms with Crippen LogP contribution < -0.4 is 9.80 Å². The van der Waals surface area contributed by atoms with Crippen LogP contribution in [0.5, 0.6) is 0 Å². The van der Waals surface area contributed by atoms with E-state index in [0.29, 0.717) is 18.4 Å². The van der Waals surface area contributed by atoms with Crippen molar-refractivity contribution in [2.24, 2.45) is 0 Å². The third-order valence-corrected chi connectivity index (χ3v) is 5.79. The molecule has 3 aromatic rings. The van der Waals surface area contributed by atoms with Crippen LogP contribution in [0.2, 0.25) is 0 Å². The van der Waals surface area contributed by atoms with Crippen LogP contribution in [0.25, 0.3) is 0 Å². The summed E-state index contributed by atoms with van der Waals surface area (Å²) in [5.41, 5.74) is 2.34. The summed E-state index contributed by atoms with van der Waals surface area (Å²) in [5.74, 6) is -0.692. The first kappa shape index (κ1) is 20.8. The number of rotatable bonds is 4. The maximum Gasteiger partial charge on any atom is 0.258 e. The predicted octanol–water partition coefficient (Wildman–Crippen LogP) is 5.75. The molecule has 0 radical (unpaired) electrons. The lowest BCUT2D eigenvalue weighted by Crippen LogP contribution is -2.47. The van der Waals surface area contributed by atoms with Crippen LogP contribution >= 0.6 is 0 Å². The second-order valence-corrected chi connectivity index (χ2v) is 7.77. The quantitative estimate of drug-likeness (QED) is 0.543. The van der Waals surface area contributed by atoms with Crippen molar-refractivity contribution >= 4 is 23.2 Å². The smallest absolute Gasteiger partial charge is 0.258 e. The van der Waals surface area contributed by atoms with Crippen molar-refractivity contribution in [1.82, 2.24) is 0 Å². The van der Waals surface area contributed by atoms with E-state index in [1.807, 2.05) is 44.2 Å². The van der Waals surface area contributed by atoms with Crippen LogP contribution in [0, 0.1) is 5.82 Å². The number of anilines is 2. The van der Waals surface area contributed by atoms with Gasteiger partial charge in [-0.2, -0.15) is 0 Å². The highest BCUT2D eigenvalue weighted by molar-refractivity contribution is 6.07. The number of hydrogen-bond donors (Lipinski definition) is 0. The summed E-state index contributed by atoms with van der Waals surface area (Å²) in [6.45, 7) is 3.82. The van der Waals surface area contributed by atoms with E-state index in [-0.39, 0.29) is 23.5 Å². The maximum atomic E-state index is 14.9. The first-order chi connectivity index (χ1) is 15.0. The standard InChI is InChI=1S/C26H25FN2O2/c1-3-25(30)28-18(2)17-24(20-13-7-9-15-22(20)28)29(23-16-10-8-14-21(23)27)26(31)19-11-5-4-6-12-19/h4-16,18,24H,3,17H2,1-2H3/t18-,24-/m1/s1. The lowest BCUT2D eigenvalue weighted by molar-refractivity contribution is -0.118. The zero-order valence-corrected chi connectivity index (χ0v) is 17.7. The molecular formula is C26H25FN2O2. The van der Waals surface area contributed by atoms with E-state index in [4.69, 9.17) is 0 Å². The largest absolute Gasteiger partial charge is 0.309 e. The van der Waals surface area contributed by atoms with Crippen molar-refractivity contribution in [2.75, 3.05) is 9.80 Å². The van der Waals surface area contributed by atoms with Crippen molar-refractivity contribution in [3.05, 3.63) is 95.8 Å². The molecule has 0 unspecified atom stereocenters. The molecule has 158 valence electrons. The van der Waals surface area contributed by atoms with E-state index >= 15 is 0 Å². The predicted molar refractivity (Wildman–Crippen MR) is 121 cm³/mol. The molecule has 1 aliphatic rings. The molecular weight excluding hydrogens is 391 g/mol. The van der Waals surface area contributed by atoms with Crippen molar-refractivity contribution in [1.29, 1.82) is 0 Å². The Morgan fingerprint density at radius 3 is 2.32 bits per heavy atom. The van der Waals surface area contributed by atoms with Gasteiger partial charge in [0, 0.05) is 23.7 Å². The maximum absolute atomic E-state index is 14.9. The molecule has 1 aliphatic heterocycles. The van der Waals surface area contributed by atoms with Gasteiger partial charge in [0.2, 0.25) is 5.91 Å². The molecule has 31 heavy (non-hydrogen) atoms. The van der Waals surface area contributed by atoms with Crippen LogP contribution in [-0.4, -0.2) is 17.9 Å². The topological polar surface area (TPSA) is 40.6 Å². The number of carbonyl (C=O) groups is 2. The van der Waals surface area contributed by atoms with Gasteiger partial charge < -0.3 is 4.90 Å². The second-order valence-electron chi connectivity index (χ2n) is 7.77. The first-order valence-corrected chi connectivity index (χ1v) is 10.6. The molecule has 2 atom stereocenters. The Bertz CT molecular complexity index is 1100. The molecule has 0 N–H and O–H groups in total. The molecule has 3 aromatic carbocycles. The third-order valence-electron chi connectivity index (χ3n) is 5.79. The zero-order valence-electron chi connectivity index (χ0n) is 17.7. The van der Waals surface area contributed by atoms with E-state index < -0.39 is 11.9 Å². The van der Waals surface area contributed by atoms with Gasteiger partial charge in [-0.3, -0.25) is 14.5 Å². The first-order valence-electron chi connectivity index (χ1n) is 10.6. The van der Waals surface area contributed by atoms with Crippen LogP contribution in [0.1, 0.15) is 48.7 Å². The molecule has 2 amide bonds. The van der Waals surface area contributed by atoms with Crippen molar-refractivity contribution in [3.63, 3.8) is 0 Å². The molecule has 0 saturated heterocycles. The summed E-state index contributed by atoms with van der Waals surface area (Å²) in [7, 11) is 0. The number of para-hydroxylation sites is 2. The molecule has 0 spiro atoms. The van der Waals surface area contributed by atoms with Gasteiger partial charge in [0.15, 0.2) is 0 Å². The average Bonchev–Trinajstić information content (AvgIpc) is 2.80. The minimum atomic E-state index is -0.455. The highest BCUT2D eigenvalue weighted by Crippen LogP contribution is 2.43. The van der Waals surface area contributed by atoms with Gasteiger partial charge in [0.25, 0.3) is 5.91 Å². The molecule has 0 fully saturated rings. The Morgan fingerprint density at radius 2 is 1.61 bits per heavy atom. The van der Waals surface area contributed by atoms with E-state index in [1.165, 1.54) is 6.07 Å². The minimum Gasteiger partial charge on any atom is -0.309 e. The Balaban J connectivity index is 1.88. The van der Waals surface area contributed by atoms with Gasteiger partial charge in [-0.1, -0.05) is 55.5 Å². The van der Waals surface area contributed by atoms with E-state index in [1.54, 1.807) is 52.3 Å². The van der Waals surface area contributed by atoms with Gasteiger partial charge >= 0.3 is 0 Å². The summed E-state index contributed by atoms with van der Waals surface area (Å²) in [4.78, 5) is 29.7. The fourth-order valence-electron chi connectivity index (χ4n) is 4.36. The second kappa shape index (κ2) is 8.72. The van der Waals surface area contributed by atoms with E-state index in [0.717, 1.165) is 11.3 Å². The Morgan fingerprint density at radius 1 is 0.968 bits per heavy atom. The monoisotopic (exact) mass is 416 g/mol. The Hall–Kier alpha value is -3.47. The zero-order chi connectivity index (χ0) is 22.0. The van der Waals surface area contributed by atoms with Crippen molar-refractivity contribution in [3.8, 4) is 0 Å². The molecule has 4 rings (SSSR count). The number of fused-ring (bicyclic) bond motifs is 1. The van der Waals surface area contributed by atoms with Gasteiger partial charge in [-0.05, 0) is 49.2 Å². The van der Waals surface area contributed by atoms with Crippen LogP contribution in [0.3, 0.4) is 0 Å². The van der Waals surface area contributed by atoms with Crippen molar-refractivity contribution < 1.29 is 14.0 Å². The Labute approximate surface area is 181 Å². The van der Waals surface area contributed by atoms with Gasteiger partial charge in [-0.15, -0.1) is 0 Å². The van der Waals surface area contributed by atoms with Gasteiger partial charge in [0.05, 0.1) is 11.7 Å². The average molecular weight is 416 g/mol. The van der Waals surface area contributed by atoms with Crippen LogP contribution in [0.4, 0.5) is 15.8 Å². The summed E-state index contributed by atoms with van der Waals surface area (Å²) in [5, 5.41) is 0. The highest BCUT2D eigenvalue weighted by atomic mass is 19.1. The highest BCUT2D eigenvalue weighted by Gasteiger charge is 2.39. The minimum absolute atomic E-state index is 0.0326. The third kappa shape index (κ3) is 3.83. The van der Waals surface area contributed by atoms with Gasteiger partial charge in [0.1, 0.15) is 5.82 Å². The molecule has 5 heteroatoms.